The van der Waals surface area contributed by atoms with E-state index in [0.717, 1.165) is 18.7 Å². The number of nitro benzene ring substituents is 1. The van der Waals surface area contributed by atoms with Gasteiger partial charge in [-0.1, -0.05) is 11.6 Å². The van der Waals surface area contributed by atoms with Crippen molar-refractivity contribution in [1.82, 2.24) is 9.80 Å². The van der Waals surface area contributed by atoms with Gasteiger partial charge in [0.15, 0.2) is 0 Å². The van der Waals surface area contributed by atoms with Crippen LogP contribution < -0.4 is 0 Å². The number of benzene rings is 1. The first-order valence-electron chi connectivity index (χ1n) is 8.80. The molecule has 0 unspecified atom stereocenters. The predicted octanol–water partition coefficient (Wildman–Crippen LogP) is 3.39. The highest BCUT2D eigenvalue weighted by Gasteiger charge is 2.32. The van der Waals surface area contributed by atoms with Crippen molar-refractivity contribution in [3.8, 4) is 0 Å². The van der Waals surface area contributed by atoms with Gasteiger partial charge < -0.3 is 4.90 Å². The van der Waals surface area contributed by atoms with Crippen molar-refractivity contribution >= 4 is 23.2 Å². The van der Waals surface area contributed by atoms with E-state index in [1.54, 1.807) is 13.0 Å². The molecular formula is C18H24ClN3O3. The molecule has 7 heteroatoms. The van der Waals surface area contributed by atoms with E-state index >= 15 is 0 Å². The molecule has 136 valence electrons. The summed E-state index contributed by atoms with van der Waals surface area (Å²) in [6.07, 6.45) is 3.06. The molecular weight excluding hydrogens is 342 g/mol. The summed E-state index contributed by atoms with van der Waals surface area (Å²) < 4.78 is 0. The number of piperazine rings is 1. The molecule has 0 spiro atoms. The van der Waals surface area contributed by atoms with Gasteiger partial charge in [0.25, 0.3) is 5.69 Å². The normalized spacial score (nSPS) is 21.4. The van der Waals surface area contributed by atoms with E-state index in [1.165, 1.54) is 18.9 Å². The van der Waals surface area contributed by atoms with Gasteiger partial charge in [0.2, 0.25) is 5.91 Å². The molecule has 0 N–H and O–H groups in total. The third-order valence-electron chi connectivity index (χ3n) is 5.24. The van der Waals surface area contributed by atoms with Crippen LogP contribution in [0.5, 0.6) is 0 Å². The average Bonchev–Trinajstić information content (AvgIpc) is 3.34. The molecule has 25 heavy (non-hydrogen) atoms. The standard InChI is InChI=1S/C18H24ClN3O3/c1-12-10-20(5-6-21(12)18(23)7-14-3-4-14)11-15-8-16(19)9-17(13(15)2)22(24)25/h8-9,12,14H,3-7,10-11H2,1-2H3/t12-/m0/s1. The maximum absolute atomic E-state index is 12.4. The van der Waals surface area contributed by atoms with Gasteiger partial charge in [-0.3, -0.25) is 19.8 Å². The molecule has 0 radical (unpaired) electrons. The molecule has 1 saturated heterocycles. The molecule has 1 aromatic carbocycles. The first-order chi connectivity index (χ1) is 11.8. The van der Waals surface area contributed by atoms with Gasteiger partial charge in [-0.15, -0.1) is 0 Å². The fraction of sp³-hybridized carbons (Fsp3) is 0.611. The summed E-state index contributed by atoms with van der Waals surface area (Å²) in [5.74, 6) is 0.872. The summed E-state index contributed by atoms with van der Waals surface area (Å²) in [6.45, 7) is 6.72. The van der Waals surface area contributed by atoms with E-state index < -0.39 is 0 Å². The summed E-state index contributed by atoms with van der Waals surface area (Å²) in [6, 6.07) is 3.37. The second-order valence-electron chi connectivity index (χ2n) is 7.28. The van der Waals surface area contributed by atoms with Crippen LogP contribution >= 0.6 is 11.6 Å². The van der Waals surface area contributed by atoms with E-state index in [0.29, 0.717) is 36.0 Å². The first kappa shape index (κ1) is 18.1. The van der Waals surface area contributed by atoms with Crippen LogP contribution in [0, 0.1) is 23.0 Å². The smallest absolute Gasteiger partial charge is 0.274 e. The van der Waals surface area contributed by atoms with Crippen LogP contribution in [-0.2, 0) is 11.3 Å². The van der Waals surface area contributed by atoms with Gasteiger partial charge in [-0.25, -0.2) is 0 Å². The Morgan fingerprint density at radius 3 is 2.68 bits per heavy atom. The Balaban J connectivity index is 1.65. The lowest BCUT2D eigenvalue weighted by Gasteiger charge is -2.40. The minimum Gasteiger partial charge on any atom is -0.337 e. The van der Waals surface area contributed by atoms with E-state index in [2.05, 4.69) is 11.8 Å². The molecule has 6 nitrogen and oxygen atoms in total. The van der Waals surface area contributed by atoms with Crippen LogP contribution in [0.25, 0.3) is 0 Å². The highest BCUT2D eigenvalue weighted by atomic mass is 35.5. The van der Waals surface area contributed by atoms with Crippen LogP contribution in [-0.4, -0.2) is 46.3 Å². The highest BCUT2D eigenvalue weighted by molar-refractivity contribution is 6.30. The topological polar surface area (TPSA) is 66.7 Å². The predicted molar refractivity (Wildman–Crippen MR) is 96.6 cm³/mol. The molecule has 0 aromatic heterocycles. The van der Waals surface area contributed by atoms with Crippen LogP contribution in [0.2, 0.25) is 5.02 Å². The number of hydrogen-bond donors (Lipinski definition) is 0. The molecule has 1 aromatic rings. The Morgan fingerprint density at radius 1 is 1.36 bits per heavy atom. The fourth-order valence-corrected chi connectivity index (χ4v) is 3.78. The largest absolute Gasteiger partial charge is 0.337 e. The Morgan fingerprint density at radius 2 is 2.08 bits per heavy atom. The zero-order chi connectivity index (χ0) is 18.1. The highest BCUT2D eigenvalue weighted by Crippen LogP contribution is 2.33. The second-order valence-corrected chi connectivity index (χ2v) is 7.72. The number of hydrogen-bond acceptors (Lipinski definition) is 4. The number of nitro groups is 1. The van der Waals surface area contributed by atoms with Crippen LogP contribution in [0.3, 0.4) is 0 Å². The van der Waals surface area contributed by atoms with Crippen molar-refractivity contribution in [1.29, 1.82) is 0 Å². The molecule has 1 atom stereocenters. The summed E-state index contributed by atoms with van der Waals surface area (Å²) in [5.41, 5.74) is 1.60. The van der Waals surface area contributed by atoms with Gasteiger partial charge in [0, 0.05) is 55.3 Å². The summed E-state index contributed by atoms with van der Waals surface area (Å²) in [5, 5.41) is 11.6. The minimum absolute atomic E-state index is 0.0637. The summed E-state index contributed by atoms with van der Waals surface area (Å²) in [7, 11) is 0. The summed E-state index contributed by atoms with van der Waals surface area (Å²) >= 11 is 6.06. The SMILES string of the molecule is Cc1c(CN2CCN(C(=O)CC3CC3)[C@@H](C)C2)cc(Cl)cc1[N+](=O)[O-]. The quantitative estimate of drug-likeness (QED) is 0.592. The zero-order valence-electron chi connectivity index (χ0n) is 14.7. The molecule has 2 aliphatic rings. The van der Waals surface area contributed by atoms with Crippen LogP contribution in [0.4, 0.5) is 5.69 Å². The number of carbonyl (C=O) groups excluding carboxylic acids is 1. The lowest BCUT2D eigenvalue weighted by atomic mass is 10.0. The Kier molecular flexibility index (Phi) is 5.29. The first-order valence-corrected chi connectivity index (χ1v) is 9.18. The fourth-order valence-electron chi connectivity index (χ4n) is 3.55. The molecule has 2 fully saturated rings. The Bertz CT molecular complexity index is 690. The van der Waals surface area contributed by atoms with Crippen molar-refractivity contribution in [2.24, 2.45) is 5.92 Å². The maximum Gasteiger partial charge on any atom is 0.274 e. The van der Waals surface area contributed by atoms with Crippen LogP contribution in [0.1, 0.15) is 37.3 Å². The second kappa shape index (κ2) is 7.30. The molecule has 1 amide bonds. The number of nitrogens with zero attached hydrogens (tertiary/aromatic N) is 3. The number of amides is 1. The molecule has 3 rings (SSSR count). The van der Waals surface area contributed by atoms with Crippen molar-refractivity contribution in [3.05, 3.63) is 38.4 Å². The number of rotatable bonds is 5. The Labute approximate surface area is 152 Å². The van der Waals surface area contributed by atoms with Crippen molar-refractivity contribution in [2.45, 2.75) is 45.7 Å². The van der Waals surface area contributed by atoms with Crippen molar-refractivity contribution in [3.63, 3.8) is 0 Å². The van der Waals surface area contributed by atoms with Gasteiger partial charge in [0.1, 0.15) is 0 Å². The third kappa shape index (κ3) is 4.30. The van der Waals surface area contributed by atoms with E-state index in [-0.39, 0.29) is 22.6 Å². The lowest BCUT2D eigenvalue weighted by molar-refractivity contribution is -0.385. The monoisotopic (exact) mass is 365 g/mol. The average molecular weight is 366 g/mol. The molecule has 1 saturated carbocycles. The molecule has 1 heterocycles. The maximum atomic E-state index is 12.4. The van der Waals surface area contributed by atoms with Crippen LogP contribution in [0.15, 0.2) is 12.1 Å². The molecule has 1 aliphatic carbocycles. The third-order valence-corrected chi connectivity index (χ3v) is 5.45. The zero-order valence-corrected chi connectivity index (χ0v) is 15.5. The van der Waals surface area contributed by atoms with Gasteiger partial charge in [0.05, 0.1) is 4.92 Å². The molecule has 0 bridgehead atoms. The minimum atomic E-state index is -0.387. The Hall–Kier alpha value is -1.66. The van der Waals surface area contributed by atoms with Gasteiger partial charge >= 0.3 is 0 Å². The van der Waals surface area contributed by atoms with E-state index in [4.69, 9.17) is 11.6 Å². The van der Waals surface area contributed by atoms with E-state index in [9.17, 15) is 14.9 Å². The number of halogens is 1. The van der Waals surface area contributed by atoms with Crippen molar-refractivity contribution in [2.75, 3.05) is 19.6 Å². The lowest BCUT2D eigenvalue weighted by Crippen LogP contribution is -2.53. The summed E-state index contributed by atoms with van der Waals surface area (Å²) in [4.78, 5) is 27.4. The van der Waals surface area contributed by atoms with Crippen molar-refractivity contribution < 1.29 is 9.72 Å². The number of carbonyl (C=O) groups is 1. The van der Waals surface area contributed by atoms with Gasteiger partial charge in [-0.2, -0.15) is 0 Å². The molecule has 1 aliphatic heterocycles. The van der Waals surface area contributed by atoms with E-state index in [1.807, 2.05) is 4.90 Å². The van der Waals surface area contributed by atoms with Gasteiger partial charge in [-0.05, 0) is 44.2 Å².